The van der Waals surface area contributed by atoms with Gasteiger partial charge in [-0.1, -0.05) is 50.1 Å². The molecule has 3 atom stereocenters. The fraction of sp³-hybridized carbons (Fsp3) is 0.611. The van der Waals surface area contributed by atoms with Crippen LogP contribution in [0.25, 0.3) is 0 Å². The summed E-state index contributed by atoms with van der Waals surface area (Å²) in [5, 5.41) is 0. The number of hydrogen-bond donors (Lipinski definition) is 0. The first-order chi connectivity index (χ1) is 9.19. The predicted molar refractivity (Wildman–Crippen MR) is 77.9 cm³/mol. The monoisotopic (exact) mass is 256 g/mol. The molecule has 2 aliphatic carbocycles. The maximum atomic E-state index is 12.4. The van der Waals surface area contributed by atoms with Gasteiger partial charge in [0.1, 0.15) is 5.78 Å². The molecule has 0 radical (unpaired) electrons. The molecule has 2 aliphatic rings. The van der Waals surface area contributed by atoms with Crippen LogP contribution in [-0.4, -0.2) is 5.78 Å². The van der Waals surface area contributed by atoms with Gasteiger partial charge in [0.2, 0.25) is 0 Å². The maximum absolute atomic E-state index is 12.4. The maximum Gasteiger partial charge on any atom is 0.136 e. The van der Waals surface area contributed by atoms with Gasteiger partial charge in [0.15, 0.2) is 0 Å². The lowest BCUT2D eigenvalue weighted by Crippen LogP contribution is -2.44. The molecule has 2 fully saturated rings. The second-order valence-electron chi connectivity index (χ2n) is 6.77. The molecule has 0 aromatic heterocycles. The van der Waals surface area contributed by atoms with Crippen LogP contribution in [0, 0.1) is 17.3 Å². The van der Waals surface area contributed by atoms with Crippen LogP contribution in [0.3, 0.4) is 0 Å². The third-order valence-corrected chi connectivity index (χ3v) is 5.55. The molecule has 0 amide bonds. The Morgan fingerprint density at radius 3 is 2.74 bits per heavy atom. The van der Waals surface area contributed by atoms with Gasteiger partial charge in [-0.15, -0.1) is 0 Å². The molecule has 0 bridgehead atoms. The second-order valence-corrected chi connectivity index (χ2v) is 6.77. The Morgan fingerprint density at radius 2 is 1.95 bits per heavy atom. The summed E-state index contributed by atoms with van der Waals surface area (Å²) in [6, 6.07) is 10.6. The van der Waals surface area contributed by atoms with Crippen LogP contribution < -0.4 is 0 Å². The van der Waals surface area contributed by atoms with E-state index in [0.717, 1.165) is 19.3 Å². The molecule has 2 saturated carbocycles. The van der Waals surface area contributed by atoms with Gasteiger partial charge in [-0.05, 0) is 42.6 Å². The van der Waals surface area contributed by atoms with Crippen molar-refractivity contribution in [3.05, 3.63) is 35.9 Å². The van der Waals surface area contributed by atoms with Crippen LogP contribution in [0.4, 0.5) is 0 Å². The summed E-state index contributed by atoms with van der Waals surface area (Å²) in [6.45, 7) is 2.43. The van der Waals surface area contributed by atoms with Crippen molar-refractivity contribution >= 4 is 5.78 Å². The molecule has 0 saturated heterocycles. The normalized spacial score (nSPS) is 34.9. The van der Waals surface area contributed by atoms with E-state index in [1.807, 2.05) is 0 Å². The molecule has 0 spiro atoms. The van der Waals surface area contributed by atoms with Gasteiger partial charge in [0.25, 0.3) is 0 Å². The minimum Gasteiger partial charge on any atom is -0.299 e. The standard InChI is InChI=1S/C18H24O/c1-18-11-6-5-9-16(18)15(17(19)10-12-18)13-14-7-3-2-4-8-14/h2-4,7-8,15-16H,5-6,9-13H2,1H3/t15-,16?,18-/m0/s1. The SMILES string of the molecule is C[C@@]12CCCCC1[C@H](Cc1ccccc1)C(=O)CC2. The number of carbonyl (C=O) groups is 1. The Hall–Kier alpha value is -1.11. The molecule has 1 aromatic rings. The van der Waals surface area contributed by atoms with E-state index in [1.165, 1.54) is 31.2 Å². The van der Waals surface area contributed by atoms with Gasteiger partial charge in [-0.25, -0.2) is 0 Å². The molecule has 1 aromatic carbocycles. The zero-order valence-electron chi connectivity index (χ0n) is 11.9. The van der Waals surface area contributed by atoms with Crippen molar-refractivity contribution in [2.45, 2.75) is 51.9 Å². The van der Waals surface area contributed by atoms with Crippen molar-refractivity contribution in [2.24, 2.45) is 17.3 Å². The van der Waals surface area contributed by atoms with Crippen molar-refractivity contribution in [1.29, 1.82) is 0 Å². The second kappa shape index (κ2) is 5.11. The molecule has 1 unspecified atom stereocenters. The van der Waals surface area contributed by atoms with E-state index >= 15 is 0 Å². The number of rotatable bonds is 2. The minimum absolute atomic E-state index is 0.279. The fourth-order valence-corrected chi connectivity index (χ4v) is 4.37. The topological polar surface area (TPSA) is 17.1 Å². The van der Waals surface area contributed by atoms with E-state index in [9.17, 15) is 4.79 Å². The highest BCUT2D eigenvalue weighted by Gasteiger charge is 2.46. The first kappa shape index (κ1) is 12.9. The van der Waals surface area contributed by atoms with Crippen LogP contribution in [0.1, 0.15) is 51.0 Å². The molecule has 102 valence electrons. The van der Waals surface area contributed by atoms with Crippen LogP contribution >= 0.6 is 0 Å². The summed E-state index contributed by atoms with van der Waals surface area (Å²) in [5.41, 5.74) is 1.77. The van der Waals surface area contributed by atoms with Crippen LogP contribution in [-0.2, 0) is 11.2 Å². The zero-order chi connectivity index (χ0) is 13.3. The van der Waals surface area contributed by atoms with Crippen molar-refractivity contribution in [3.63, 3.8) is 0 Å². The summed E-state index contributed by atoms with van der Waals surface area (Å²) in [7, 11) is 0. The van der Waals surface area contributed by atoms with Gasteiger partial charge in [0, 0.05) is 12.3 Å². The van der Waals surface area contributed by atoms with Gasteiger partial charge in [-0.3, -0.25) is 4.79 Å². The number of benzene rings is 1. The highest BCUT2D eigenvalue weighted by molar-refractivity contribution is 5.82. The summed E-state index contributed by atoms with van der Waals surface area (Å²) in [4.78, 5) is 12.4. The number of fused-ring (bicyclic) bond motifs is 1. The molecule has 1 nitrogen and oxygen atoms in total. The Bertz CT molecular complexity index is 450. The van der Waals surface area contributed by atoms with E-state index in [0.29, 0.717) is 17.1 Å². The number of Topliss-reactive ketones (excluding diaryl/α,β-unsaturated/α-hetero) is 1. The summed E-state index contributed by atoms with van der Waals surface area (Å²) < 4.78 is 0. The molecular weight excluding hydrogens is 232 g/mol. The van der Waals surface area contributed by atoms with Gasteiger partial charge in [-0.2, -0.15) is 0 Å². The number of hydrogen-bond acceptors (Lipinski definition) is 1. The van der Waals surface area contributed by atoms with Gasteiger partial charge < -0.3 is 0 Å². The highest BCUT2D eigenvalue weighted by Crippen LogP contribution is 2.52. The lowest BCUT2D eigenvalue weighted by molar-refractivity contribution is -0.133. The quantitative estimate of drug-likeness (QED) is 0.766. The number of carbonyl (C=O) groups excluding carboxylic acids is 1. The minimum atomic E-state index is 0.279. The number of ketones is 1. The Kier molecular flexibility index (Phi) is 3.47. The summed E-state index contributed by atoms with van der Waals surface area (Å²) in [5.74, 6) is 1.43. The van der Waals surface area contributed by atoms with E-state index in [2.05, 4.69) is 37.3 Å². The lowest BCUT2D eigenvalue weighted by Gasteiger charge is -2.48. The molecule has 1 heteroatoms. The van der Waals surface area contributed by atoms with Crippen molar-refractivity contribution in [3.8, 4) is 0 Å². The molecule has 0 aliphatic heterocycles. The summed E-state index contributed by atoms with van der Waals surface area (Å²) in [6.07, 6.45) is 8.17. The summed E-state index contributed by atoms with van der Waals surface area (Å²) >= 11 is 0. The Balaban J connectivity index is 1.83. The van der Waals surface area contributed by atoms with Crippen LogP contribution in [0.5, 0.6) is 0 Å². The predicted octanol–water partition coefficient (Wildman–Crippen LogP) is 4.40. The molecule has 19 heavy (non-hydrogen) atoms. The third kappa shape index (κ3) is 2.48. The smallest absolute Gasteiger partial charge is 0.136 e. The van der Waals surface area contributed by atoms with E-state index in [-0.39, 0.29) is 5.92 Å². The first-order valence-corrected chi connectivity index (χ1v) is 7.76. The average Bonchev–Trinajstić information content (AvgIpc) is 2.44. The van der Waals surface area contributed by atoms with Gasteiger partial charge >= 0.3 is 0 Å². The third-order valence-electron chi connectivity index (χ3n) is 5.55. The molecular formula is C18H24O. The molecule has 3 rings (SSSR count). The van der Waals surface area contributed by atoms with Crippen molar-refractivity contribution in [2.75, 3.05) is 0 Å². The van der Waals surface area contributed by atoms with E-state index in [1.54, 1.807) is 0 Å². The van der Waals surface area contributed by atoms with Crippen molar-refractivity contribution < 1.29 is 4.79 Å². The molecule has 0 heterocycles. The van der Waals surface area contributed by atoms with E-state index in [4.69, 9.17) is 0 Å². The highest BCUT2D eigenvalue weighted by atomic mass is 16.1. The largest absolute Gasteiger partial charge is 0.299 e. The van der Waals surface area contributed by atoms with Crippen molar-refractivity contribution in [1.82, 2.24) is 0 Å². The van der Waals surface area contributed by atoms with E-state index < -0.39 is 0 Å². The Labute approximate surface area is 116 Å². The fourth-order valence-electron chi connectivity index (χ4n) is 4.37. The lowest BCUT2D eigenvalue weighted by atomic mass is 9.55. The zero-order valence-corrected chi connectivity index (χ0v) is 11.9. The average molecular weight is 256 g/mol. The van der Waals surface area contributed by atoms with Crippen LogP contribution in [0.15, 0.2) is 30.3 Å². The van der Waals surface area contributed by atoms with Crippen LogP contribution in [0.2, 0.25) is 0 Å². The Morgan fingerprint density at radius 1 is 1.16 bits per heavy atom. The first-order valence-electron chi connectivity index (χ1n) is 7.76. The van der Waals surface area contributed by atoms with Gasteiger partial charge in [0.05, 0.1) is 0 Å². The molecule has 0 N–H and O–H groups in total.